The Morgan fingerprint density at radius 1 is 1.17 bits per heavy atom. The van der Waals surface area contributed by atoms with E-state index < -0.39 is 0 Å². The van der Waals surface area contributed by atoms with Crippen LogP contribution in [0.1, 0.15) is 31.4 Å². The van der Waals surface area contributed by atoms with Crippen LogP contribution < -0.4 is 0 Å². The summed E-state index contributed by atoms with van der Waals surface area (Å²) in [6.07, 6.45) is 7.09. The van der Waals surface area contributed by atoms with E-state index in [0.29, 0.717) is 6.10 Å². The van der Waals surface area contributed by atoms with E-state index >= 15 is 0 Å². The van der Waals surface area contributed by atoms with Crippen molar-refractivity contribution in [3.63, 3.8) is 0 Å². The first-order valence-corrected chi connectivity index (χ1v) is 9.04. The van der Waals surface area contributed by atoms with Crippen molar-refractivity contribution in [1.82, 2.24) is 9.80 Å². The average Bonchev–Trinajstić information content (AvgIpc) is 3.25. The lowest BCUT2D eigenvalue weighted by Gasteiger charge is -2.32. The highest BCUT2D eigenvalue weighted by atomic mass is 16.6. The van der Waals surface area contributed by atoms with Gasteiger partial charge in [0.2, 0.25) is 0 Å². The van der Waals surface area contributed by atoms with Gasteiger partial charge in [-0.25, -0.2) is 0 Å². The van der Waals surface area contributed by atoms with Crippen LogP contribution in [0.3, 0.4) is 0 Å². The quantitative estimate of drug-likeness (QED) is 0.850. The first-order valence-electron chi connectivity index (χ1n) is 9.04. The Hall–Kier alpha value is -0.880. The van der Waals surface area contributed by atoms with Gasteiger partial charge in [0.15, 0.2) is 0 Å². The van der Waals surface area contributed by atoms with Crippen LogP contribution in [0.25, 0.3) is 0 Å². The van der Waals surface area contributed by atoms with Crippen molar-refractivity contribution in [2.45, 2.75) is 43.9 Å². The standard InChI is InChI=1S/C18H28N2O3/c1-2-8-19(7-1)13-17-5-6-18(23-17)14-20(9-11-21-15-18)12-16-4-3-10-22-16/h3-4,10,17H,1-2,5-9,11-15H2/t17-,18+/m0/s1. The molecule has 5 heteroatoms. The molecule has 5 nitrogen and oxygen atoms in total. The van der Waals surface area contributed by atoms with Crippen LogP contribution in [0, 0.1) is 0 Å². The highest BCUT2D eigenvalue weighted by Gasteiger charge is 2.43. The Morgan fingerprint density at radius 3 is 2.91 bits per heavy atom. The van der Waals surface area contributed by atoms with Gasteiger partial charge in [-0.2, -0.15) is 0 Å². The molecule has 0 saturated carbocycles. The summed E-state index contributed by atoms with van der Waals surface area (Å²) in [4.78, 5) is 4.98. The molecular weight excluding hydrogens is 292 g/mol. The third-order valence-electron chi connectivity index (χ3n) is 5.39. The third-order valence-corrected chi connectivity index (χ3v) is 5.39. The summed E-state index contributed by atoms with van der Waals surface area (Å²) in [5.74, 6) is 1.02. The van der Waals surface area contributed by atoms with Crippen LogP contribution >= 0.6 is 0 Å². The maximum absolute atomic E-state index is 6.54. The highest BCUT2D eigenvalue weighted by molar-refractivity contribution is 5.00. The van der Waals surface area contributed by atoms with Crippen molar-refractivity contribution >= 4 is 0 Å². The monoisotopic (exact) mass is 320 g/mol. The molecule has 0 bridgehead atoms. The van der Waals surface area contributed by atoms with Crippen molar-refractivity contribution in [1.29, 1.82) is 0 Å². The topological polar surface area (TPSA) is 38.1 Å². The summed E-state index contributed by atoms with van der Waals surface area (Å²) in [5, 5.41) is 0. The van der Waals surface area contributed by atoms with Gasteiger partial charge in [0, 0.05) is 19.6 Å². The summed E-state index contributed by atoms with van der Waals surface area (Å²) < 4.78 is 17.9. The smallest absolute Gasteiger partial charge is 0.117 e. The van der Waals surface area contributed by atoms with Gasteiger partial charge in [-0.15, -0.1) is 0 Å². The summed E-state index contributed by atoms with van der Waals surface area (Å²) in [6, 6.07) is 4.00. The molecule has 3 fully saturated rings. The molecule has 0 N–H and O–H groups in total. The normalized spacial score (nSPS) is 33.5. The summed E-state index contributed by atoms with van der Waals surface area (Å²) in [7, 11) is 0. The molecule has 1 spiro atoms. The summed E-state index contributed by atoms with van der Waals surface area (Å²) in [5.41, 5.74) is -0.118. The Bertz CT molecular complexity index is 486. The van der Waals surface area contributed by atoms with Gasteiger partial charge in [-0.3, -0.25) is 4.90 Å². The molecule has 2 atom stereocenters. The molecule has 0 aliphatic carbocycles. The molecule has 3 saturated heterocycles. The van der Waals surface area contributed by atoms with Crippen molar-refractivity contribution in [2.24, 2.45) is 0 Å². The zero-order valence-electron chi connectivity index (χ0n) is 13.9. The highest BCUT2D eigenvalue weighted by Crippen LogP contribution is 2.34. The number of hydrogen-bond acceptors (Lipinski definition) is 5. The predicted octanol–water partition coefficient (Wildman–Crippen LogP) is 2.13. The van der Waals surface area contributed by atoms with Gasteiger partial charge in [-0.1, -0.05) is 0 Å². The minimum absolute atomic E-state index is 0.118. The number of hydrogen-bond donors (Lipinski definition) is 0. The number of ether oxygens (including phenoxy) is 2. The number of likely N-dealkylation sites (tertiary alicyclic amines) is 1. The van der Waals surface area contributed by atoms with E-state index in [4.69, 9.17) is 13.9 Å². The van der Waals surface area contributed by atoms with E-state index in [0.717, 1.165) is 58.0 Å². The fourth-order valence-corrected chi connectivity index (χ4v) is 4.24. The van der Waals surface area contributed by atoms with Gasteiger partial charge in [-0.05, 0) is 50.9 Å². The van der Waals surface area contributed by atoms with Crippen molar-refractivity contribution in [3.8, 4) is 0 Å². The van der Waals surface area contributed by atoms with Gasteiger partial charge in [0.1, 0.15) is 11.4 Å². The van der Waals surface area contributed by atoms with E-state index in [9.17, 15) is 0 Å². The molecule has 1 aromatic rings. The van der Waals surface area contributed by atoms with E-state index in [1.54, 1.807) is 6.26 Å². The van der Waals surface area contributed by atoms with Crippen LogP contribution in [0.15, 0.2) is 22.8 Å². The number of rotatable bonds is 4. The number of nitrogens with zero attached hydrogens (tertiary/aromatic N) is 2. The summed E-state index contributed by atoms with van der Waals surface area (Å²) in [6.45, 7) is 7.84. The fraction of sp³-hybridized carbons (Fsp3) is 0.778. The van der Waals surface area contributed by atoms with E-state index in [1.807, 2.05) is 12.1 Å². The minimum Gasteiger partial charge on any atom is -0.468 e. The van der Waals surface area contributed by atoms with E-state index in [1.165, 1.54) is 25.9 Å². The lowest BCUT2D eigenvalue weighted by molar-refractivity contribution is -0.0916. The second-order valence-corrected chi connectivity index (χ2v) is 7.31. The third kappa shape index (κ3) is 3.79. The fourth-order valence-electron chi connectivity index (χ4n) is 4.24. The molecule has 0 amide bonds. The van der Waals surface area contributed by atoms with Crippen LogP contribution in [-0.2, 0) is 16.0 Å². The molecule has 0 aromatic carbocycles. The largest absolute Gasteiger partial charge is 0.468 e. The molecule has 0 unspecified atom stereocenters. The first kappa shape index (κ1) is 15.6. The van der Waals surface area contributed by atoms with E-state index in [-0.39, 0.29) is 5.60 Å². The maximum atomic E-state index is 6.54. The first-order chi connectivity index (χ1) is 11.3. The Morgan fingerprint density at radius 2 is 2.09 bits per heavy atom. The zero-order valence-corrected chi connectivity index (χ0v) is 13.9. The maximum Gasteiger partial charge on any atom is 0.117 e. The summed E-state index contributed by atoms with van der Waals surface area (Å²) >= 11 is 0. The van der Waals surface area contributed by atoms with Gasteiger partial charge >= 0.3 is 0 Å². The lowest BCUT2D eigenvalue weighted by Crippen LogP contribution is -2.45. The van der Waals surface area contributed by atoms with Crippen LogP contribution in [0.5, 0.6) is 0 Å². The second kappa shape index (κ2) is 6.93. The molecule has 3 aliphatic rings. The molecule has 4 heterocycles. The van der Waals surface area contributed by atoms with Crippen molar-refractivity contribution in [2.75, 3.05) is 45.9 Å². The second-order valence-electron chi connectivity index (χ2n) is 7.31. The Labute approximate surface area is 138 Å². The predicted molar refractivity (Wildman–Crippen MR) is 87.3 cm³/mol. The molecule has 1 aromatic heterocycles. The van der Waals surface area contributed by atoms with Crippen molar-refractivity contribution in [3.05, 3.63) is 24.2 Å². The Balaban J connectivity index is 1.36. The molecule has 128 valence electrons. The van der Waals surface area contributed by atoms with E-state index in [2.05, 4.69) is 9.80 Å². The molecule has 3 aliphatic heterocycles. The average molecular weight is 320 g/mol. The van der Waals surface area contributed by atoms with Crippen LogP contribution in [0.2, 0.25) is 0 Å². The molecular formula is C18H28N2O3. The Kier molecular flexibility index (Phi) is 4.71. The number of furan rings is 1. The molecule has 23 heavy (non-hydrogen) atoms. The molecule has 4 rings (SSSR count). The lowest BCUT2D eigenvalue weighted by atomic mass is 10.00. The van der Waals surface area contributed by atoms with Gasteiger partial charge in [0.05, 0.1) is 32.1 Å². The molecule has 0 radical (unpaired) electrons. The van der Waals surface area contributed by atoms with Gasteiger partial charge in [0.25, 0.3) is 0 Å². The van der Waals surface area contributed by atoms with Crippen molar-refractivity contribution < 1.29 is 13.9 Å². The SMILES string of the molecule is c1coc(CN2CCOC[C@@]3(CC[C@@H](CN4CCCC4)O3)C2)c1. The van der Waals surface area contributed by atoms with Crippen LogP contribution in [0.4, 0.5) is 0 Å². The van der Waals surface area contributed by atoms with Gasteiger partial charge < -0.3 is 18.8 Å². The zero-order chi connectivity index (χ0) is 15.5. The minimum atomic E-state index is -0.118. The van der Waals surface area contributed by atoms with Crippen LogP contribution in [-0.4, -0.2) is 67.4 Å².